The van der Waals surface area contributed by atoms with Crippen LogP contribution in [0.5, 0.6) is 0 Å². The van der Waals surface area contributed by atoms with Gasteiger partial charge in [-0.25, -0.2) is 13.6 Å². The summed E-state index contributed by atoms with van der Waals surface area (Å²) in [6.07, 6.45) is 0.992. The molecule has 0 bridgehead atoms. The van der Waals surface area contributed by atoms with Crippen LogP contribution in [0.25, 0.3) is 11.1 Å². The standard InChI is InChI=1S/C26H29NO4S/c1-2-25(32(27,30)31)22(18-28)17-26(19-29,23-11-7-4-8-12-23)24-15-13-21(14-16-24)20-9-5-3-6-10-20/h3-16,18,22,25,29H,2,17,19H2,1H3,(H2,27,30,31). The van der Waals surface area contributed by atoms with E-state index in [1.165, 1.54) is 0 Å². The van der Waals surface area contributed by atoms with Gasteiger partial charge in [0.05, 0.1) is 11.9 Å². The quantitative estimate of drug-likeness (QED) is 0.457. The highest BCUT2D eigenvalue weighted by atomic mass is 32.2. The van der Waals surface area contributed by atoms with E-state index in [-0.39, 0.29) is 19.4 Å². The van der Waals surface area contributed by atoms with E-state index in [2.05, 4.69) is 0 Å². The summed E-state index contributed by atoms with van der Waals surface area (Å²) in [5.74, 6) is -0.865. The first kappa shape index (κ1) is 23.9. The fraction of sp³-hybridized carbons (Fsp3) is 0.269. The minimum atomic E-state index is -3.93. The summed E-state index contributed by atoms with van der Waals surface area (Å²) in [6, 6.07) is 27.2. The van der Waals surface area contributed by atoms with Gasteiger partial charge in [0.1, 0.15) is 6.29 Å². The van der Waals surface area contributed by atoms with Crippen molar-refractivity contribution in [1.82, 2.24) is 0 Å². The van der Waals surface area contributed by atoms with Crippen LogP contribution < -0.4 is 5.14 Å². The van der Waals surface area contributed by atoms with E-state index >= 15 is 0 Å². The van der Waals surface area contributed by atoms with Gasteiger partial charge < -0.3 is 9.90 Å². The van der Waals surface area contributed by atoms with Crippen LogP contribution in [-0.4, -0.2) is 31.7 Å². The molecule has 3 N–H and O–H groups in total. The van der Waals surface area contributed by atoms with Crippen LogP contribution in [0.15, 0.2) is 84.9 Å². The number of aliphatic hydroxyl groups excluding tert-OH is 1. The van der Waals surface area contributed by atoms with Crippen LogP contribution in [0.4, 0.5) is 0 Å². The van der Waals surface area contributed by atoms with Gasteiger partial charge in [0.2, 0.25) is 10.0 Å². The highest BCUT2D eigenvalue weighted by molar-refractivity contribution is 7.89. The molecule has 3 atom stereocenters. The third-order valence-electron chi connectivity index (χ3n) is 6.20. The van der Waals surface area contributed by atoms with Crippen LogP contribution in [-0.2, 0) is 20.2 Å². The van der Waals surface area contributed by atoms with Crippen LogP contribution >= 0.6 is 0 Å². The Hall–Kier alpha value is -2.80. The van der Waals surface area contributed by atoms with Gasteiger partial charge in [0, 0.05) is 11.3 Å². The zero-order valence-corrected chi connectivity index (χ0v) is 18.9. The zero-order valence-electron chi connectivity index (χ0n) is 18.1. The molecule has 3 aromatic carbocycles. The SMILES string of the molecule is CCC(C(C=O)CC(CO)(c1ccccc1)c1ccc(-c2ccccc2)cc1)S(N)(=O)=O. The Morgan fingerprint density at radius 2 is 1.38 bits per heavy atom. The molecule has 3 aromatic rings. The number of nitrogens with two attached hydrogens (primary N) is 1. The molecule has 0 aliphatic carbocycles. The summed E-state index contributed by atoms with van der Waals surface area (Å²) < 4.78 is 24.3. The molecule has 0 saturated heterocycles. The van der Waals surface area contributed by atoms with E-state index in [1.54, 1.807) is 6.92 Å². The Kier molecular flexibility index (Phi) is 7.61. The van der Waals surface area contributed by atoms with Crippen molar-refractivity contribution in [2.75, 3.05) is 6.61 Å². The Labute approximate surface area is 190 Å². The van der Waals surface area contributed by atoms with E-state index in [9.17, 15) is 18.3 Å². The first-order chi connectivity index (χ1) is 15.4. The lowest BCUT2D eigenvalue weighted by Crippen LogP contribution is -2.42. The molecule has 5 nitrogen and oxygen atoms in total. The third-order valence-corrected chi connectivity index (χ3v) is 7.73. The fourth-order valence-corrected chi connectivity index (χ4v) is 5.58. The van der Waals surface area contributed by atoms with Crippen molar-refractivity contribution in [3.05, 3.63) is 96.1 Å². The second-order valence-corrected chi connectivity index (χ2v) is 9.87. The highest BCUT2D eigenvalue weighted by Crippen LogP contribution is 2.40. The number of rotatable bonds is 10. The Morgan fingerprint density at radius 3 is 1.84 bits per heavy atom. The highest BCUT2D eigenvalue weighted by Gasteiger charge is 2.40. The van der Waals surface area contributed by atoms with Gasteiger partial charge >= 0.3 is 0 Å². The number of primary sulfonamides is 1. The molecule has 0 heterocycles. The number of aliphatic hydroxyl groups is 1. The number of benzene rings is 3. The molecule has 0 aliphatic heterocycles. The maximum atomic E-state index is 12.2. The van der Waals surface area contributed by atoms with Crippen molar-refractivity contribution < 1.29 is 18.3 Å². The fourth-order valence-electron chi connectivity index (χ4n) is 4.47. The van der Waals surface area contributed by atoms with Gasteiger partial charge in [0.25, 0.3) is 0 Å². The van der Waals surface area contributed by atoms with Gasteiger partial charge in [-0.05, 0) is 35.1 Å². The molecule has 3 rings (SSSR count). The summed E-state index contributed by atoms with van der Waals surface area (Å²) in [6.45, 7) is 1.41. The summed E-state index contributed by atoms with van der Waals surface area (Å²) in [5.41, 5.74) is 2.75. The van der Waals surface area contributed by atoms with Crippen LogP contribution in [0.3, 0.4) is 0 Å². The molecule has 3 unspecified atom stereocenters. The van der Waals surface area contributed by atoms with Crippen LogP contribution in [0.2, 0.25) is 0 Å². The van der Waals surface area contributed by atoms with Gasteiger partial charge in [-0.1, -0.05) is 91.9 Å². The molecule has 0 aliphatic rings. The first-order valence-electron chi connectivity index (χ1n) is 10.6. The van der Waals surface area contributed by atoms with E-state index in [1.807, 2.05) is 84.9 Å². The van der Waals surface area contributed by atoms with Gasteiger partial charge in [-0.3, -0.25) is 0 Å². The number of hydrogen-bond donors (Lipinski definition) is 2. The molecular formula is C26H29NO4S. The molecule has 0 fully saturated rings. The number of sulfonamides is 1. The second kappa shape index (κ2) is 10.2. The Morgan fingerprint density at radius 1 is 0.875 bits per heavy atom. The first-order valence-corrected chi connectivity index (χ1v) is 12.3. The molecular weight excluding hydrogens is 422 g/mol. The lowest BCUT2D eigenvalue weighted by Gasteiger charge is -2.37. The monoisotopic (exact) mass is 451 g/mol. The predicted octanol–water partition coefficient (Wildman–Crippen LogP) is 3.90. The minimum absolute atomic E-state index is 0.122. The van der Waals surface area contributed by atoms with E-state index in [4.69, 9.17) is 5.14 Å². The number of aldehydes is 1. The summed E-state index contributed by atoms with van der Waals surface area (Å²) in [4.78, 5) is 12.0. The van der Waals surface area contributed by atoms with Crippen molar-refractivity contribution in [2.24, 2.45) is 11.1 Å². The van der Waals surface area contributed by atoms with E-state index in [0.717, 1.165) is 22.3 Å². The molecule has 0 radical (unpaired) electrons. The average Bonchev–Trinajstić information content (AvgIpc) is 2.82. The smallest absolute Gasteiger partial charge is 0.212 e. The summed E-state index contributed by atoms with van der Waals surface area (Å²) in [5, 5.41) is 15.1. The molecule has 0 saturated carbocycles. The zero-order chi connectivity index (χ0) is 23.2. The topological polar surface area (TPSA) is 97.5 Å². The number of hydrogen-bond acceptors (Lipinski definition) is 4. The molecule has 0 aromatic heterocycles. The van der Waals surface area contributed by atoms with Crippen molar-refractivity contribution in [3.63, 3.8) is 0 Å². The van der Waals surface area contributed by atoms with Gasteiger partial charge in [0.15, 0.2) is 0 Å². The second-order valence-electron chi connectivity index (χ2n) is 8.09. The summed E-state index contributed by atoms with van der Waals surface area (Å²) in [7, 11) is -3.93. The van der Waals surface area contributed by atoms with Crippen molar-refractivity contribution in [1.29, 1.82) is 0 Å². The van der Waals surface area contributed by atoms with Crippen molar-refractivity contribution >= 4 is 16.3 Å². The Balaban J connectivity index is 2.10. The van der Waals surface area contributed by atoms with Crippen LogP contribution in [0.1, 0.15) is 30.9 Å². The average molecular weight is 452 g/mol. The Bertz CT molecular complexity index is 1120. The predicted molar refractivity (Wildman–Crippen MR) is 128 cm³/mol. The van der Waals surface area contributed by atoms with E-state index < -0.39 is 26.6 Å². The normalized spacial score (nSPS) is 15.5. The molecule has 0 amide bonds. The van der Waals surface area contributed by atoms with Gasteiger partial charge in [-0.15, -0.1) is 0 Å². The molecule has 0 spiro atoms. The van der Waals surface area contributed by atoms with Crippen molar-refractivity contribution in [3.8, 4) is 11.1 Å². The van der Waals surface area contributed by atoms with E-state index in [0.29, 0.717) is 6.29 Å². The maximum absolute atomic E-state index is 12.2. The molecule has 168 valence electrons. The lowest BCUT2D eigenvalue weighted by atomic mass is 9.69. The lowest BCUT2D eigenvalue weighted by molar-refractivity contribution is -0.111. The summed E-state index contributed by atoms with van der Waals surface area (Å²) >= 11 is 0. The van der Waals surface area contributed by atoms with Crippen molar-refractivity contribution in [2.45, 2.75) is 30.4 Å². The van der Waals surface area contributed by atoms with Gasteiger partial charge in [-0.2, -0.15) is 0 Å². The minimum Gasteiger partial charge on any atom is -0.395 e. The number of carbonyl (C=O) groups is 1. The number of carbonyl (C=O) groups excluding carboxylic acids is 1. The largest absolute Gasteiger partial charge is 0.395 e. The maximum Gasteiger partial charge on any atom is 0.212 e. The molecule has 6 heteroatoms. The third kappa shape index (κ3) is 4.99. The van der Waals surface area contributed by atoms with Crippen LogP contribution in [0, 0.1) is 5.92 Å². The molecule has 32 heavy (non-hydrogen) atoms.